The molecule has 152 valence electrons. The van der Waals surface area contributed by atoms with Gasteiger partial charge in [-0.25, -0.2) is 4.79 Å². The fourth-order valence-electron chi connectivity index (χ4n) is 3.80. The van der Waals surface area contributed by atoms with Gasteiger partial charge in [0.2, 0.25) is 5.60 Å². The molecule has 0 aromatic heterocycles. The predicted molar refractivity (Wildman–Crippen MR) is 113 cm³/mol. The van der Waals surface area contributed by atoms with Gasteiger partial charge < -0.3 is 15.1 Å². The van der Waals surface area contributed by atoms with Gasteiger partial charge in [0, 0.05) is 11.6 Å². The summed E-state index contributed by atoms with van der Waals surface area (Å²) in [6.07, 6.45) is 2.78. The number of carbonyl (C=O) groups is 1. The zero-order valence-electron chi connectivity index (χ0n) is 17.6. The molecule has 0 saturated carbocycles. The van der Waals surface area contributed by atoms with E-state index in [1.165, 1.54) is 0 Å². The minimum Gasteiger partial charge on any atom is -0.479 e. The van der Waals surface area contributed by atoms with Crippen LogP contribution >= 0.6 is 0 Å². The van der Waals surface area contributed by atoms with Gasteiger partial charge in [-0.2, -0.15) is 0 Å². The maximum Gasteiger partial charge on any atom is 0.345 e. The van der Waals surface area contributed by atoms with E-state index in [4.69, 9.17) is 0 Å². The third-order valence-electron chi connectivity index (χ3n) is 5.93. The molecule has 2 aromatic rings. The zero-order chi connectivity index (χ0) is 20.9. The fraction of sp³-hybridized carbons (Fsp3) is 0.458. The van der Waals surface area contributed by atoms with Crippen LogP contribution in [-0.4, -0.2) is 35.2 Å². The molecular formula is C24H33NO3. The molecule has 2 N–H and O–H groups in total. The number of aliphatic hydroxyl groups is 1. The Morgan fingerprint density at radius 3 is 2.14 bits per heavy atom. The molecule has 4 heteroatoms. The molecule has 0 radical (unpaired) electrons. The first-order chi connectivity index (χ1) is 13.3. The number of aliphatic carboxylic acids is 1. The van der Waals surface area contributed by atoms with Gasteiger partial charge in [0.15, 0.2) is 0 Å². The summed E-state index contributed by atoms with van der Waals surface area (Å²) in [6.45, 7) is 6.34. The first-order valence-corrected chi connectivity index (χ1v) is 10.1. The van der Waals surface area contributed by atoms with Crippen molar-refractivity contribution in [3.63, 3.8) is 0 Å². The second-order valence-electron chi connectivity index (χ2n) is 7.79. The Kier molecular flexibility index (Phi) is 7.39. The number of carboxylic acid groups (broad SMARTS) is 1. The fourth-order valence-corrected chi connectivity index (χ4v) is 3.80. The topological polar surface area (TPSA) is 60.8 Å². The van der Waals surface area contributed by atoms with Crippen LogP contribution in [0.5, 0.6) is 0 Å². The lowest BCUT2D eigenvalue weighted by Crippen LogP contribution is -2.40. The molecule has 2 aromatic carbocycles. The van der Waals surface area contributed by atoms with Gasteiger partial charge >= 0.3 is 5.97 Å². The standard InChI is InChI=1S/C24H33NO3/c1-6-18(7-2)16-19-12-11-15-21(17(3)25(4)5)22(19)24(28,23(26)27)20-13-9-8-10-14-20/h8-15,17-18,28H,6-7,16H2,1-5H3,(H,26,27). The van der Waals surface area contributed by atoms with Crippen molar-refractivity contribution in [1.82, 2.24) is 4.90 Å². The van der Waals surface area contributed by atoms with E-state index in [1.54, 1.807) is 24.3 Å². The lowest BCUT2D eigenvalue weighted by atomic mass is 9.77. The van der Waals surface area contributed by atoms with Crippen molar-refractivity contribution in [3.05, 3.63) is 70.8 Å². The van der Waals surface area contributed by atoms with E-state index in [0.29, 0.717) is 17.0 Å². The highest BCUT2D eigenvalue weighted by molar-refractivity contribution is 5.85. The number of hydrogen-bond acceptors (Lipinski definition) is 3. The van der Waals surface area contributed by atoms with Crippen LogP contribution in [0.1, 0.15) is 61.9 Å². The van der Waals surface area contributed by atoms with Crippen LogP contribution in [0.2, 0.25) is 0 Å². The quantitative estimate of drug-likeness (QED) is 0.664. The molecule has 0 amide bonds. The van der Waals surface area contributed by atoms with E-state index in [9.17, 15) is 15.0 Å². The molecule has 2 unspecified atom stereocenters. The van der Waals surface area contributed by atoms with Gasteiger partial charge in [-0.1, -0.05) is 75.2 Å². The van der Waals surface area contributed by atoms with E-state index in [2.05, 4.69) is 13.8 Å². The molecule has 28 heavy (non-hydrogen) atoms. The zero-order valence-corrected chi connectivity index (χ0v) is 17.6. The van der Waals surface area contributed by atoms with E-state index < -0.39 is 11.6 Å². The Labute approximate surface area is 168 Å². The molecule has 0 spiro atoms. The minimum absolute atomic E-state index is 0.0359. The molecular weight excluding hydrogens is 350 g/mol. The number of benzene rings is 2. The second kappa shape index (κ2) is 9.35. The lowest BCUT2D eigenvalue weighted by Gasteiger charge is -2.33. The summed E-state index contributed by atoms with van der Waals surface area (Å²) in [5.74, 6) is -0.805. The molecule has 0 aliphatic rings. The normalized spacial score (nSPS) is 14.9. The van der Waals surface area contributed by atoms with E-state index in [-0.39, 0.29) is 6.04 Å². The SMILES string of the molecule is CCC(CC)Cc1cccc(C(C)N(C)C)c1C(O)(C(=O)O)c1ccccc1. The predicted octanol–water partition coefficient (Wildman–Crippen LogP) is 4.61. The highest BCUT2D eigenvalue weighted by Gasteiger charge is 2.44. The number of nitrogens with zero attached hydrogens (tertiary/aromatic N) is 1. The van der Waals surface area contributed by atoms with Crippen LogP contribution in [0.25, 0.3) is 0 Å². The molecule has 0 saturated heterocycles. The first-order valence-electron chi connectivity index (χ1n) is 10.1. The van der Waals surface area contributed by atoms with Crippen molar-refractivity contribution in [2.45, 2.75) is 51.7 Å². The summed E-state index contributed by atoms with van der Waals surface area (Å²) in [5, 5.41) is 21.9. The van der Waals surface area contributed by atoms with E-state index in [1.807, 2.05) is 50.2 Å². The third kappa shape index (κ3) is 4.29. The van der Waals surface area contributed by atoms with Crippen LogP contribution in [0, 0.1) is 5.92 Å². The number of carboxylic acids is 1. The van der Waals surface area contributed by atoms with Gasteiger partial charge in [-0.05, 0) is 50.0 Å². The minimum atomic E-state index is -2.09. The molecule has 2 rings (SSSR count). The maximum atomic E-state index is 12.5. The molecule has 4 nitrogen and oxygen atoms in total. The van der Waals surface area contributed by atoms with Gasteiger partial charge in [-0.3, -0.25) is 0 Å². The summed E-state index contributed by atoms with van der Waals surface area (Å²) in [5.41, 5.74) is 0.563. The first kappa shape index (κ1) is 22.1. The van der Waals surface area contributed by atoms with Crippen LogP contribution < -0.4 is 0 Å². The largest absolute Gasteiger partial charge is 0.479 e. The van der Waals surface area contributed by atoms with Crippen molar-refractivity contribution in [3.8, 4) is 0 Å². The highest BCUT2D eigenvalue weighted by atomic mass is 16.4. The number of rotatable bonds is 9. The summed E-state index contributed by atoms with van der Waals surface area (Å²) >= 11 is 0. The van der Waals surface area contributed by atoms with Crippen molar-refractivity contribution >= 4 is 5.97 Å². The lowest BCUT2D eigenvalue weighted by molar-refractivity contribution is -0.155. The molecule has 0 bridgehead atoms. The van der Waals surface area contributed by atoms with Gasteiger partial charge in [-0.15, -0.1) is 0 Å². The van der Waals surface area contributed by atoms with Gasteiger partial charge in [0.05, 0.1) is 0 Å². The summed E-state index contributed by atoms with van der Waals surface area (Å²) in [7, 11) is 3.93. The average molecular weight is 384 g/mol. The van der Waals surface area contributed by atoms with Crippen molar-refractivity contribution in [2.75, 3.05) is 14.1 Å². The second-order valence-corrected chi connectivity index (χ2v) is 7.79. The third-order valence-corrected chi connectivity index (χ3v) is 5.93. The van der Waals surface area contributed by atoms with Crippen LogP contribution in [0.15, 0.2) is 48.5 Å². The Hall–Kier alpha value is -2.17. The van der Waals surface area contributed by atoms with Crippen LogP contribution in [0.4, 0.5) is 0 Å². The average Bonchev–Trinajstić information content (AvgIpc) is 2.70. The van der Waals surface area contributed by atoms with Crippen molar-refractivity contribution < 1.29 is 15.0 Å². The smallest absolute Gasteiger partial charge is 0.345 e. The summed E-state index contributed by atoms with van der Waals surface area (Å²) in [4.78, 5) is 14.5. The van der Waals surface area contributed by atoms with Gasteiger partial charge in [0.1, 0.15) is 0 Å². The highest BCUT2D eigenvalue weighted by Crippen LogP contribution is 2.39. The Balaban J connectivity index is 2.81. The Bertz CT molecular complexity index is 784. The molecule has 0 aliphatic carbocycles. The van der Waals surface area contributed by atoms with Crippen molar-refractivity contribution in [2.24, 2.45) is 5.92 Å². The maximum absolute atomic E-state index is 12.5. The van der Waals surface area contributed by atoms with E-state index >= 15 is 0 Å². The monoisotopic (exact) mass is 383 g/mol. The molecule has 0 fully saturated rings. The molecule has 2 atom stereocenters. The number of hydrogen-bond donors (Lipinski definition) is 2. The van der Waals surface area contributed by atoms with Crippen LogP contribution in [-0.2, 0) is 16.8 Å². The Morgan fingerprint density at radius 2 is 1.64 bits per heavy atom. The van der Waals surface area contributed by atoms with Crippen molar-refractivity contribution in [1.29, 1.82) is 0 Å². The van der Waals surface area contributed by atoms with Crippen LogP contribution in [0.3, 0.4) is 0 Å². The molecule has 0 heterocycles. The Morgan fingerprint density at radius 1 is 1.04 bits per heavy atom. The molecule has 0 aliphatic heterocycles. The summed E-state index contributed by atoms with van der Waals surface area (Å²) < 4.78 is 0. The summed E-state index contributed by atoms with van der Waals surface area (Å²) in [6, 6.07) is 14.6. The van der Waals surface area contributed by atoms with E-state index in [0.717, 1.165) is 30.4 Å². The van der Waals surface area contributed by atoms with Gasteiger partial charge in [0.25, 0.3) is 0 Å².